The lowest BCUT2D eigenvalue weighted by Gasteiger charge is -2.04. The maximum atomic E-state index is 12.2. The molecule has 0 unspecified atom stereocenters. The number of para-hydroxylation sites is 1. The first-order valence-corrected chi connectivity index (χ1v) is 8.54. The van der Waals surface area contributed by atoms with Crippen LogP contribution in [0.15, 0.2) is 39.9 Å². The van der Waals surface area contributed by atoms with Crippen molar-refractivity contribution in [3.05, 3.63) is 68.8 Å². The highest BCUT2D eigenvalue weighted by atomic mass is 35.5. The third-order valence-corrected chi connectivity index (χ3v) is 4.46. The van der Waals surface area contributed by atoms with Gasteiger partial charge in [0, 0.05) is 0 Å². The van der Waals surface area contributed by atoms with Gasteiger partial charge < -0.3 is 4.42 Å². The van der Waals surface area contributed by atoms with Crippen molar-refractivity contribution in [2.24, 2.45) is 5.10 Å². The van der Waals surface area contributed by atoms with Crippen molar-refractivity contribution in [1.29, 1.82) is 0 Å². The standard InChI is InChI=1S/C18H16Cl2N4O2/c1-10-8-13(12(3)26-10)18(25)22-21-9-14-11(2)23-24(17(14)20)16-7-5-4-6-15(16)19/h4-9H,1-3H3,(H,22,25)/b21-9-. The molecule has 0 aliphatic carbocycles. The minimum atomic E-state index is -0.358. The van der Waals surface area contributed by atoms with Gasteiger partial charge in [0.25, 0.3) is 5.91 Å². The van der Waals surface area contributed by atoms with Crippen LogP contribution >= 0.6 is 23.2 Å². The number of nitrogens with one attached hydrogen (secondary N) is 1. The number of amides is 1. The van der Waals surface area contributed by atoms with Gasteiger partial charge in [0.2, 0.25) is 0 Å². The van der Waals surface area contributed by atoms with Crippen molar-refractivity contribution in [2.75, 3.05) is 0 Å². The van der Waals surface area contributed by atoms with E-state index < -0.39 is 0 Å². The van der Waals surface area contributed by atoms with Crippen LogP contribution in [0.3, 0.4) is 0 Å². The molecule has 3 rings (SSSR count). The van der Waals surface area contributed by atoms with Crippen molar-refractivity contribution in [3.63, 3.8) is 0 Å². The number of carbonyl (C=O) groups excluding carboxylic acids is 1. The predicted molar refractivity (Wildman–Crippen MR) is 102 cm³/mol. The highest BCUT2D eigenvalue weighted by molar-refractivity contribution is 6.34. The zero-order valence-electron chi connectivity index (χ0n) is 14.4. The number of furan rings is 1. The fourth-order valence-electron chi connectivity index (χ4n) is 2.51. The van der Waals surface area contributed by atoms with Gasteiger partial charge in [0.05, 0.1) is 33.7 Å². The number of hydrazone groups is 1. The average molecular weight is 391 g/mol. The quantitative estimate of drug-likeness (QED) is 0.527. The molecule has 134 valence electrons. The molecule has 0 saturated heterocycles. The summed E-state index contributed by atoms with van der Waals surface area (Å²) >= 11 is 12.6. The molecule has 26 heavy (non-hydrogen) atoms. The van der Waals surface area contributed by atoms with E-state index in [1.807, 2.05) is 18.2 Å². The summed E-state index contributed by atoms with van der Waals surface area (Å²) in [5.41, 5.74) is 4.81. The van der Waals surface area contributed by atoms with Gasteiger partial charge in [0.1, 0.15) is 16.7 Å². The number of aryl methyl sites for hydroxylation is 3. The second kappa shape index (κ2) is 7.35. The van der Waals surface area contributed by atoms with Crippen LogP contribution in [0.2, 0.25) is 10.2 Å². The zero-order valence-corrected chi connectivity index (χ0v) is 15.9. The van der Waals surface area contributed by atoms with Crippen molar-refractivity contribution in [2.45, 2.75) is 20.8 Å². The van der Waals surface area contributed by atoms with E-state index in [4.69, 9.17) is 27.6 Å². The summed E-state index contributed by atoms with van der Waals surface area (Å²) in [6.07, 6.45) is 1.46. The van der Waals surface area contributed by atoms with Crippen LogP contribution in [0.1, 0.15) is 33.1 Å². The molecular weight excluding hydrogens is 375 g/mol. The van der Waals surface area contributed by atoms with Crippen LogP contribution in [0.4, 0.5) is 0 Å². The van der Waals surface area contributed by atoms with Gasteiger partial charge in [-0.25, -0.2) is 10.1 Å². The number of benzene rings is 1. The Morgan fingerprint density at radius 2 is 2.00 bits per heavy atom. The normalized spacial score (nSPS) is 11.3. The molecular formula is C18H16Cl2N4O2. The molecule has 1 amide bonds. The Hall–Kier alpha value is -2.57. The van der Waals surface area contributed by atoms with Crippen molar-refractivity contribution in [3.8, 4) is 5.69 Å². The largest absolute Gasteiger partial charge is 0.466 e. The average Bonchev–Trinajstić information content (AvgIpc) is 3.08. The number of aromatic nitrogens is 2. The minimum Gasteiger partial charge on any atom is -0.466 e. The summed E-state index contributed by atoms with van der Waals surface area (Å²) < 4.78 is 6.88. The molecule has 2 aromatic heterocycles. The van der Waals surface area contributed by atoms with Gasteiger partial charge in [-0.2, -0.15) is 10.2 Å². The molecule has 0 aliphatic rings. The van der Waals surface area contributed by atoms with E-state index in [1.165, 1.54) is 10.9 Å². The maximum absolute atomic E-state index is 12.2. The van der Waals surface area contributed by atoms with Gasteiger partial charge in [-0.15, -0.1) is 0 Å². The smallest absolute Gasteiger partial charge is 0.274 e. The lowest BCUT2D eigenvalue weighted by atomic mass is 10.2. The summed E-state index contributed by atoms with van der Waals surface area (Å²) in [7, 11) is 0. The second-order valence-electron chi connectivity index (χ2n) is 5.68. The summed E-state index contributed by atoms with van der Waals surface area (Å²) in [4.78, 5) is 12.2. The number of halogens is 2. The van der Waals surface area contributed by atoms with Gasteiger partial charge in [-0.3, -0.25) is 4.79 Å². The fourth-order valence-corrected chi connectivity index (χ4v) is 3.04. The van der Waals surface area contributed by atoms with Gasteiger partial charge in [0.15, 0.2) is 0 Å². The molecule has 3 aromatic rings. The lowest BCUT2D eigenvalue weighted by molar-refractivity contribution is 0.0953. The van der Waals surface area contributed by atoms with E-state index in [0.29, 0.717) is 44.2 Å². The molecule has 0 radical (unpaired) electrons. The second-order valence-corrected chi connectivity index (χ2v) is 6.44. The third kappa shape index (κ3) is 3.52. The van der Waals surface area contributed by atoms with Gasteiger partial charge in [-0.1, -0.05) is 35.3 Å². The molecule has 0 spiro atoms. The molecule has 0 fully saturated rings. The Labute approximate surface area is 160 Å². The molecule has 0 atom stereocenters. The Bertz CT molecular complexity index is 1000. The van der Waals surface area contributed by atoms with E-state index in [-0.39, 0.29) is 5.91 Å². The first-order chi connectivity index (χ1) is 12.4. The molecule has 2 heterocycles. The van der Waals surface area contributed by atoms with Gasteiger partial charge in [-0.05, 0) is 39.0 Å². The highest BCUT2D eigenvalue weighted by Gasteiger charge is 2.16. The Morgan fingerprint density at radius 1 is 1.27 bits per heavy atom. The summed E-state index contributed by atoms with van der Waals surface area (Å²) in [5, 5.41) is 9.26. The Kier molecular flexibility index (Phi) is 5.15. The molecule has 0 saturated carbocycles. The van der Waals surface area contributed by atoms with Crippen LogP contribution < -0.4 is 5.43 Å². The number of carbonyl (C=O) groups is 1. The Morgan fingerprint density at radius 3 is 2.65 bits per heavy atom. The van der Waals surface area contributed by atoms with Crippen LogP contribution in [0.25, 0.3) is 5.69 Å². The van der Waals surface area contributed by atoms with Crippen LogP contribution in [-0.2, 0) is 0 Å². The molecule has 8 heteroatoms. The number of hydrogen-bond acceptors (Lipinski definition) is 4. The molecule has 1 aromatic carbocycles. The maximum Gasteiger partial charge on any atom is 0.274 e. The third-order valence-electron chi connectivity index (χ3n) is 3.77. The summed E-state index contributed by atoms with van der Waals surface area (Å²) in [6.45, 7) is 5.30. The number of rotatable bonds is 4. The van der Waals surface area contributed by atoms with Crippen LogP contribution in [-0.4, -0.2) is 21.9 Å². The molecule has 0 bridgehead atoms. The van der Waals surface area contributed by atoms with Crippen molar-refractivity contribution < 1.29 is 9.21 Å². The van der Waals surface area contributed by atoms with E-state index in [0.717, 1.165) is 0 Å². The molecule has 1 N–H and O–H groups in total. The SMILES string of the molecule is Cc1cc(C(=O)N/N=C\c2c(C)nn(-c3ccccc3Cl)c2Cl)c(C)o1. The van der Waals surface area contributed by atoms with Crippen molar-refractivity contribution >= 4 is 35.3 Å². The fraction of sp³-hybridized carbons (Fsp3) is 0.167. The van der Waals surface area contributed by atoms with E-state index in [1.54, 1.807) is 32.9 Å². The van der Waals surface area contributed by atoms with E-state index >= 15 is 0 Å². The number of nitrogens with zero attached hydrogens (tertiary/aromatic N) is 3. The highest BCUT2D eigenvalue weighted by Crippen LogP contribution is 2.26. The van der Waals surface area contributed by atoms with Crippen LogP contribution in [0.5, 0.6) is 0 Å². The summed E-state index contributed by atoms with van der Waals surface area (Å²) in [5.74, 6) is 0.843. The molecule has 6 nitrogen and oxygen atoms in total. The van der Waals surface area contributed by atoms with E-state index in [9.17, 15) is 4.79 Å². The molecule has 0 aliphatic heterocycles. The van der Waals surface area contributed by atoms with Gasteiger partial charge >= 0.3 is 0 Å². The minimum absolute atomic E-state index is 0.351. The lowest BCUT2D eigenvalue weighted by Crippen LogP contribution is -2.17. The van der Waals surface area contributed by atoms with Crippen molar-refractivity contribution in [1.82, 2.24) is 15.2 Å². The zero-order chi connectivity index (χ0) is 18.8. The predicted octanol–water partition coefficient (Wildman–Crippen LogP) is 4.46. The first-order valence-electron chi connectivity index (χ1n) is 7.79. The topological polar surface area (TPSA) is 72.4 Å². The van der Waals surface area contributed by atoms with Crippen LogP contribution in [0, 0.1) is 20.8 Å². The Balaban J connectivity index is 1.82. The monoisotopic (exact) mass is 390 g/mol. The summed E-state index contributed by atoms with van der Waals surface area (Å²) in [6, 6.07) is 8.90. The number of hydrogen-bond donors (Lipinski definition) is 1. The van der Waals surface area contributed by atoms with E-state index in [2.05, 4.69) is 15.6 Å². The first kappa shape index (κ1) is 18.2.